The Morgan fingerprint density at radius 1 is 0.933 bits per heavy atom. The first-order valence-corrected chi connectivity index (χ1v) is 8.04. The summed E-state index contributed by atoms with van der Waals surface area (Å²) in [6, 6.07) is 7.20. The summed E-state index contributed by atoms with van der Waals surface area (Å²) < 4.78 is 0.122. The zero-order chi connectivity index (χ0) is 11.2. The Morgan fingerprint density at radius 2 is 1.33 bits per heavy atom. The van der Waals surface area contributed by atoms with Crippen molar-refractivity contribution in [3.8, 4) is 0 Å². The average molecular weight is 316 g/mol. The predicted octanol–water partition coefficient (Wildman–Crippen LogP) is 3.29. The topological polar surface area (TPSA) is 34.1 Å². The Bertz CT molecular complexity index is 408. The van der Waals surface area contributed by atoms with Gasteiger partial charge in [-0.05, 0) is 0 Å². The van der Waals surface area contributed by atoms with Gasteiger partial charge in [-0.1, -0.05) is 0 Å². The second kappa shape index (κ2) is 3.40. The second-order valence-electron chi connectivity index (χ2n) is 4.44. The van der Waals surface area contributed by atoms with Gasteiger partial charge >= 0.3 is 96.6 Å². The molecule has 0 unspecified atom stereocenters. The second-order valence-corrected chi connectivity index (χ2v) is 11.3. The maximum atomic E-state index is 12.1. The first-order chi connectivity index (χ1) is 6.93. The van der Waals surface area contributed by atoms with Crippen LogP contribution in [0.25, 0.3) is 0 Å². The molecular weight excluding hydrogens is 303 g/mol. The van der Waals surface area contributed by atoms with Gasteiger partial charge in [-0.15, -0.1) is 0 Å². The Kier molecular flexibility index (Phi) is 2.45. The number of halogens is 1. The number of carbonyl (C=O) groups excluding carboxylic acids is 2. The van der Waals surface area contributed by atoms with Crippen LogP contribution < -0.4 is 0 Å². The number of alkyl halides is 1. The Hall–Kier alpha value is -0.710. The van der Waals surface area contributed by atoms with E-state index in [-0.39, 0.29) is 11.0 Å². The van der Waals surface area contributed by atoms with Crippen molar-refractivity contribution in [2.75, 3.05) is 0 Å². The molecule has 0 fully saturated rings. The van der Waals surface area contributed by atoms with Gasteiger partial charge in [0.15, 0.2) is 0 Å². The molecule has 1 aromatic carbocycles. The van der Waals surface area contributed by atoms with E-state index in [9.17, 15) is 9.59 Å². The minimum absolute atomic E-state index is 0.132. The van der Waals surface area contributed by atoms with E-state index in [1.54, 1.807) is 12.1 Å². The molecular formula is C12H13IO2. The Morgan fingerprint density at radius 3 is 1.67 bits per heavy atom. The first kappa shape index (κ1) is 10.8. The standard InChI is InChI=1S/C12H13IO2/c1-12(2,3)13-10(14)8-6-4-5-7-9(8)11(13)15/h4-7H,1-3H3. The molecule has 0 amide bonds. The van der Waals surface area contributed by atoms with E-state index in [1.807, 2.05) is 32.9 Å². The van der Waals surface area contributed by atoms with E-state index >= 15 is 0 Å². The van der Waals surface area contributed by atoms with Crippen LogP contribution in [0.2, 0.25) is 0 Å². The van der Waals surface area contributed by atoms with Crippen molar-refractivity contribution in [3.05, 3.63) is 35.4 Å². The van der Waals surface area contributed by atoms with E-state index in [0.717, 1.165) is 0 Å². The number of rotatable bonds is 0. The van der Waals surface area contributed by atoms with Crippen molar-refractivity contribution in [2.45, 2.75) is 24.2 Å². The molecule has 1 aliphatic rings. The van der Waals surface area contributed by atoms with E-state index in [2.05, 4.69) is 0 Å². The van der Waals surface area contributed by atoms with Gasteiger partial charge in [-0.25, -0.2) is 0 Å². The number of hydrogen-bond acceptors (Lipinski definition) is 2. The molecule has 0 aliphatic carbocycles. The van der Waals surface area contributed by atoms with Crippen LogP contribution in [0.3, 0.4) is 0 Å². The van der Waals surface area contributed by atoms with Crippen LogP contribution in [0.1, 0.15) is 41.5 Å². The zero-order valence-corrected chi connectivity index (χ0v) is 11.2. The normalized spacial score (nSPS) is 18.2. The molecule has 0 bridgehead atoms. The SMILES string of the molecule is CC(C)(C)I1C(=O)c2ccccc2C1=O. The number of hydrogen-bond donors (Lipinski definition) is 0. The molecule has 0 aromatic heterocycles. The van der Waals surface area contributed by atoms with E-state index in [4.69, 9.17) is 0 Å². The van der Waals surface area contributed by atoms with Crippen LogP contribution >= 0.6 is 19.8 Å². The molecule has 0 radical (unpaired) electrons. The first-order valence-electron chi connectivity index (χ1n) is 4.80. The van der Waals surface area contributed by atoms with Crippen LogP contribution in [-0.4, -0.2) is 11.0 Å². The summed E-state index contributed by atoms with van der Waals surface area (Å²) in [4.78, 5) is 24.2. The average Bonchev–Trinajstić information content (AvgIpc) is 2.39. The van der Waals surface area contributed by atoms with Gasteiger partial charge < -0.3 is 0 Å². The third kappa shape index (κ3) is 1.62. The van der Waals surface area contributed by atoms with E-state index in [0.29, 0.717) is 11.1 Å². The van der Waals surface area contributed by atoms with Crippen molar-refractivity contribution in [1.82, 2.24) is 0 Å². The summed E-state index contributed by atoms with van der Waals surface area (Å²) in [5.74, 6) is 0. The molecule has 80 valence electrons. The van der Waals surface area contributed by atoms with E-state index < -0.39 is 19.8 Å². The quantitative estimate of drug-likeness (QED) is 0.418. The fourth-order valence-corrected chi connectivity index (χ4v) is 7.11. The summed E-state index contributed by atoms with van der Waals surface area (Å²) in [7, 11) is 0. The summed E-state index contributed by atoms with van der Waals surface area (Å²) in [6.45, 7) is 6.00. The van der Waals surface area contributed by atoms with Crippen molar-refractivity contribution in [2.24, 2.45) is 0 Å². The van der Waals surface area contributed by atoms with Crippen LogP contribution in [0.4, 0.5) is 0 Å². The summed E-state index contributed by atoms with van der Waals surface area (Å²) in [5, 5.41) is 0. The molecule has 0 spiro atoms. The van der Waals surface area contributed by atoms with Crippen LogP contribution in [-0.2, 0) is 0 Å². The molecule has 15 heavy (non-hydrogen) atoms. The molecule has 0 saturated heterocycles. The molecule has 2 rings (SSSR count). The van der Waals surface area contributed by atoms with Gasteiger partial charge in [0, 0.05) is 0 Å². The van der Waals surface area contributed by atoms with Gasteiger partial charge in [0.05, 0.1) is 0 Å². The van der Waals surface area contributed by atoms with Crippen molar-refractivity contribution in [1.29, 1.82) is 0 Å². The Labute approximate surface area is 96.4 Å². The molecule has 0 N–H and O–H groups in total. The third-order valence-corrected chi connectivity index (χ3v) is 8.62. The molecule has 1 aromatic rings. The van der Waals surface area contributed by atoms with Gasteiger partial charge in [0.25, 0.3) is 0 Å². The fourth-order valence-electron chi connectivity index (χ4n) is 1.62. The third-order valence-electron chi connectivity index (χ3n) is 2.26. The fraction of sp³-hybridized carbons (Fsp3) is 0.333. The van der Waals surface area contributed by atoms with Gasteiger partial charge in [0.2, 0.25) is 0 Å². The minimum atomic E-state index is -2.22. The van der Waals surface area contributed by atoms with Gasteiger partial charge in [-0.3, -0.25) is 0 Å². The molecule has 3 heteroatoms. The number of benzene rings is 1. The van der Waals surface area contributed by atoms with Crippen molar-refractivity contribution in [3.63, 3.8) is 0 Å². The summed E-state index contributed by atoms with van der Waals surface area (Å²) in [6.07, 6.45) is 0. The van der Waals surface area contributed by atoms with Crippen LogP contribution in [0.15, 0.2) is 24.3 Å². The molecule has 1 aliphatic heterocycles. The van der Waals surface area contributed by atoms with Crippen molar-refractivity contribution < 1.29 is 9.59 Å². The predicted molar refractivity (Wildman–Crippen MR) is 68.9 cm³/mol. The molecule has 0 atom stereocenters. The van der Waals surface area contributed by atoms with Gasteiger partial charge in [0.1, 0.15) is 0 Å². The molecule has 1 heterocycles. The monoisotopic (exact) mass is 316 g/mol. The zero-order valence-electron chi connectivity index (χ0n) is 9.00. The van der Waals surface area contributed by atoms with Gasteiger partial charge in [-0.2, -0.15) is 0 Å². The van der Waals surface area contributed by atoms with Crippen LogP contribution in [0.5, 0.6) is 0 Å². The summed E-state index contributed by atoms with van der Waals surface area (Å²) in [5.41, 5.74) is 1.31. The number of carbonyl (C=O) groups is 2. The van der Waals surface area contributed by atoms with Crippen molar-refractivity contribution >= 4 is 27.4 Å². The molecule has 0 saturated carbocycles. The summed E-state index contributed by atoms with van der Waals surface area (Å²) >= 11 is -2.22. The number of fused-ring (bicyclic) bond motifs is 1. The maximum absolute atomic E-state index is 12.1. The molecule has 2 nitrogen and oxygen atoms in total. The van der Waals surface area contributed by atoms with E-state index in [1.165, 1.54) is 0 Å². The van der Waals surface area contributed by atoms with Crippen LogP contribution in [0, 0.1) is 0 Å². The Balaban J connectivity index is 2.55.